The Morgan fingerprint density at radius 3 is 2.62 bits per heavy atom. The van der Waals surface area contributed by atoms with Crippen molar-refractivity contribution in [2.24, 2.45) is 0 Å². The Labute approximate surface area is 153 Å². The molecule has 1 atom stereocenters. The number of rotatable bonds is 2. The summed E-state index contributed by atoms with van der Waals surface area (Å²) in [4.78, 5) is 4.35. The van der Waals surface area contributed by atoms with Crippen LogP contribution in [-0.2, 0) is 6.42 Å². The molecule has 5 rings (SSSR count). The minimum atomic E-state index is 0.411. The van der Waals surface area contributed by atoms with Crippen molar-refractivity contribution in [2.75, 3.05) is 5.73 Å². The molecule has 3 nitrogen and oxygen atoms in total. The fourth-order valence-electron chi connectivity index (χ4n) is 4.38. The highest BCUT2D eigenvalue weighted by Gasteiger charge is 2.25. The molecule has 2 aromatic carbocycles. The van der Waals surface area contributed by atoms with E-state index in [1.165, 1.54) is 41.3 Å². The lowest BCUT2D eigenvalue weighted by Gasteiger charge is -2.25. The Balaban J connectivity index is 1.77. The van der Waals surface area contributed by atoms with Crippen LogP contribution in [0.25, 0.3) is 16.6 Å². The number of fused-ring (bicyclic) bond motifs is 2. The molecule has 0 spiro atoms. The van der Waals surface area contributed by atoms with E-state index in [1.54, 1.807) is 0 Å². The summed E-state index contributed by atoms with van der Waals surface area (Å²) in [7, 11) is 0. The van der Waals surface area contributed by atoms with Crippen LogP contribution in [0.15, 0.2) is 73.1 Å². The summed E-state index contributed by atoms with van der Waals surface area (Å²) in [6, 6.07) is 21.4. The van der Waals surface area contributed by atoms with Crippen molar-refractivity contribution in [3.63, 3.8) is 0 Å². The molecule has 0 saturated heterocycles. The molecular weight excluding hydrogens is 318 g/mol. The van der Waals surface area contributed by atoms with Crippen LogP contribution in [0.5, 0.6) is 0 Å². The highest BCUT2D eigenvalue weighted by atomic mass is 15.0. The number of anilines is 1. The molecule has 0 radical (unpaired) electrons. The van der Waals surface area contributed by atoms with Gasteiger partial charge in [-0.15, -0.1) is 0 Å². The fraction of sp³-hybridized carbons (Fsp3) is 0.174. The smallest absolute Gasteiger partial charge is 0.148 e. The van der Waals surface area contributed by atoms with Crippen molar-refractivity contribution in [3.05, 3.63) is 89.7 Å². The third-order valence-electron chi connectivity index (χ3n) is 5.55. The molecule has 2 N–H and O–H groups in total. The van der Waals surface area contributed by atoms with Gasteiger partial charge in [-0.2, -0.15) is 0 Å². The quantitative estimate of drug-likeness (QED) is 0.554. The number of pyridine rings is 1. The minimum absolute atomic E-state index is 0.411. The third kappa shape index (κ3) is 2.31. The number of nitrogens with zero attached hydrogens (tertiary/aromatic N) is 2. The lowest BCUT2D eigenvalue weighted by Crippen LogP contribution is -2.10. The Kier molecular flexibility index (Phi) is 3.52. The summed E-state index contributed by atoms with van der Waals surface area (Å²) >= 11 is 0. The van der Waals surface area contributed by atoms with Crippen LogP contribution in [0.3, 0.4) is 0 Å². The van der Waals surface area contributed by atoms with Gasteiger partial charge in [-0.05, 0) is 54.2 Å². The lowest BCUT2D eigenvalue weighted by molar-refractivity contribution is 0.618. The molecule has 128 valence electrons. The molecule has 2 aromatic heterocycles. The van der Waals surface area contributed by atoms with Crippen molar-refractivity contribution >= 4 is 16.7 Å². The molecule has 1 unspecified atom stereocenters. The highest BCUT2D eigenvalue weighted by molar-refractivity contribution is 5.93. The summed E-state index contributed by atoms with van der Waals surface area (Å²) in [6.07, 6.45) is 7.66. The van der Waals surface area contributed by atoms with Gasteiger partial charge >= 0.3 is 0 Å². The van der Waals surface area contributed by atoms with Crippen molar-refractivity contribution in [2.45, 2.75) is 25.2 Å². The number of aromatic nitrogens is 2. The molecule has 26 heavy (non-hydrogen) atoms. The zero-order valence-electron chi connectivity index (χ0n) is 14.6. The Morgan fingerprint density at radius 1 is 0.923 bits per heavy atom. The second kappa shape index (κ2) is 6.03. The van der Waals surface area contributed by atoms with Crippen LogP contribution in [0.1, 0.15) is 35.4 Å². The maximum Gasteiger partial charge on any atom is 0.148 e. The second-order valence-corrected chi connectivity index (χ2v) is 7.03. The normalized spacial score (nSPS) is 16.5. The maximum absolute atomic E-state index is 6.30. The first-order chi connectivity index (χ1) is 12.8. The standard InChI is InChI=1S/C23H21N3/c24-23-22-20(13-14-25-23)21(15-26(22)17-9-2-1-3-10-17)19-12-6-8-16-7-4-5-11-18(16)19/h1-5,7,9-11,13-15,19H,6,8,12H2,(H2,24,25). The Bertz CT molecular complexity index is 1080. The van der Waals surface area contributed by atoms with Gasteiger partial charge in [0, 0.05) is 29.4 Å². The van der Waals surface area contributed by atoms with Crippen LogP contribution in [0, 0.1) is 0 Å². The summed E-state index contributed by atoms with van der Waals surface area (Å²) < 4.78 is 2.20. The molecule has 0 amide bonds. The van der Waals surface area contributed by atoms with E-state index in [-0.39, 0.29) is 0 Å². The van der Waals surface area contributed by atoms with Crippen LogP contribution < -0.4 is 5.73 Å². The fourth-order valence-corrected chi connectivity index (χ4v) is 4.38. The summed E-state index contributed by atoms with van der Waals surface area (Å²) in [5, 5.41) is 1.21. The number of para-hydroxylation sites is 1. The van der Waals surface area contributed by atoms with Gasteiger partial charge in [0.15, 0.2) is 0 Å². The number of nitrogen functional groups attached to an aromatic ring is 1. The van der Waals surface area contributed by atoms with Gasteiger partial charge in [-0.1, -0.05) is 42.5 Å². The van der Waals surface area contributed by atoms with Crippen molar-refractivity contribution in [1.82, 2.24) is 9.55 Å². The predicted octanol–water partition coefficient (Wildman–Crippen LogP) is 5.08. The van der Waals surface area contributed by atoms with Gasteiger partial charge in [0.05, 0.1) is 5.52 Å². The van der Waals surface area contributed by atoms with Gasteiger partial charge in [-0.3, -0.25) is 0 Å². The van der Waals surface area contributed by atoms with E-state index in [4.69, 9.17) is 5.73 Å². The average Bonchev–Trinajstić information content (AvgIpc) is 3.09. The summed E-state index contributed by atoms with van der Waals surface area (Å²) in [5.74, 6) is 0.996. The average molecular weight is 339 g/mol. The van der Waals surface area contributed by atoms with E-state index < -0.39 is 0 Å². The third-order valence-corrected chi connectivity index (χ3v) is 5.55. The Hall–Kier alpha value is -3.07. The van der Waals surface area contributed by atoms with Crippen LogP contribution in [0.2, 0.25) is 0 Å². The van der Waals surface area contributed by atoms with Gasteiger partial charge < -0.3 is 10.3 Å². The van der Waals surface area contributed by atoms with Crippen molar-refractivity contribution in [3.8, 4) is 5.69 Å². The van der Waals surface area contributed by atoms with E-state index in [2.05, 4.69) is 70.3 Å². The number of aryl methyl sites for hydroxylation is 1. The van der Waals surface area contributed by atoms with E-state index in [0.29, 0.717) is 11.7 Å². The molecule has 0 saturated carbocycles. The molecule has 3 heteroatoms. The van der Waals surface area contributed by atoms with Crippen molar-refractivity contribution < 1.29 is 0 Å². The molecule has 0 fully saturated rings. The molecule has 2 heterocycles. The largest absolute Gasteiger partial charge is 0.382 e. The van der Waals surface area contributed by atoms with E-state index in [0.717, 1.165) is 11.2 Å². The van der Waals surface area contributed by atoms with Gasteiger partial charge in [0.1, 0.15) is 5.82 Å². The molecular formula is C23H21N3. The first kappa shape index (κ1) is 15.2. The van der Waals surface area contributed by atoms with Crippen LogP contribution in [-0.4, -0.2) is 9.55 Å². The molecule has 0 bridgehead atoms. The first-order valence-corrected chi connectivity index (χ1v) is 9.21. The first-order valence-electron chi connectivity index (χ1n) is 9.21. The number of nitrogens with two attached hydrogens (primary N) is 1. The molecule has 1 aliphatic rings. The van der Waals surface area contributed by atoms with E-state index >= 15 is 0 Å². The zero-order valence-corrected chi connectivity index (χ0v) is 14.6. The SMILES string of the molecule is Nc1nccc2c(C3CCCc4ccccc43)cn(-c3ccccc3)c12. The second-order valence-electron chi connectivity index (χ2n) is 7.03. The van der Waals surface area contributed by atoms with Crippen LogP contribution >= 0.6 is 0 Å². The van der Waals surface area contributed by atoms with Gasteiger partial charge in [-0.25, -0.2) is 4.98 Å². The van der Waals surface area contributed by atoms with E-state index in [1.807, 2.05) is 12.3 Å². The minimum Gasteiger partial charge on any atom is -0.382 e. The van der Waals surface area contributed by atoms with Crippen LogP contribution in [0.4, 0.5) is 5.82 Å². The topological polar surface area (TPSA) is 43.8 Å². The van der Waals surface area contributed by atoms with Crippen molar-refractivity contribution in [1.29, 1.82) is 0 Å². The van der Waals surface area contributed by atoms with E-state index in [9.17, 15) is 0 Å². The predicted molar refractivity (Wildman–Crippen MR) is 107 cm³/mol. The lowest BCUT2D eigenvalue weighted by atomic mass is 9.79. The zero-order chi connectivity index (χ0) is 17.5. The monoisotopic (exact) mass is 339 g/mol. The van der Waals surface area contributed by atoms with Gasteiger partial charge in [0.25, 0.3) is 0 Å². The Morgan fingerprint density at radius 2 is 1.73 bits per heavy atom. The molecule has 1 aliphatic carbocycles. The van der Waals surface area contributed by atoms with Gasteiger partial charge in [0.2, 0.25) is 0 Å². The summed E-state index contributed by atoms with van der Waals surface area (Å²) in [5.41, 5.74) is 12.7. The highest BCUT2D eigenvalue weighted by Crippen LogP contribution is 2.41. The number of hydrogen-bond donors (Lipinski definition) is 1. The number of hydrogen-bond acceptors (Lipinski definition) is 2. The molecule has 4 aromatic rings. The molecule has 0 aliphatic heterocycles. The summed E-state index contributed by atoms with van der Waals surface area (Å²) in [6.45, 7) is 0. The number of benzene rings is 2. The maximum atomic E-state index is 6.30.